The molecule has 10 atom stereocenters. The number of thiol groups is 1. The van der Waals surface area contributed by atoms with E-state index in [1.54, 1.807) is 0 Å². The topological polar surface area (TPSA) is 221 Å². The van der Waals surface area contributed by atoms with Crippen LogP contribution in [0, 0.1) is 0 Å². The van der Waals surface area contributed by atoms with E-state index in [2.05, 4.69) is 32.2 Å². The molecule has 3 aliphatic rings. The molecule has 10 unspecified atom stereocenters. The number of nitrogens with two attached hydrogens (primary N) is 1. The van der Waals surface area contributed by atoms with Gasteiger partial charge in [-0.15, -0.1) is 0 Å². The summed E-state index contributed by atoms with van der Waals surface area (Å²) >= 11 is 28.2. The maximum absolute atomic E-state index is 13.6. The molecule has 4 bridgehead atoms. The molecule has 0 spiro atoms. The van der Waals surface area contributed by atoms with Crippen molar-refractivity contribution in [1.82, 2.24) is 29.1 Å². The number of fused-ring (bicyclic) bond motifs is 6. The molecule has 0 amide bonds. The van der Waals surface area contributed by atoms with Crippen molar-refractivity contribution in [3.8, 4) is 0 Å². The van der Waals surface area contributed by atoms with Gasteiger partial charge in [-0.1, -0.05) is 35.5 Å². The van der Waals surface area contributed by atoms with Crippen LogP contribution < -0.4 is 5.73 Å². The molecule has 3 fully saturated rings. The van der Waals surface area contributed by atoms with Gasteiger partial charge in [-0.3, -0.25) is 22.7 Å². The Morgan fingerprint density at radius 3 is 2.37 bits per heavy atom. The van der Waals surface area contributed by atoms with E-state index in [0.717, 1.165) is 0 Å². The third-order valence-corrected chi connectivity index (χ3v) is 11.7. The summed E-state index contributed by atoms with van der Waals surface area (Å²) in [5, 5.41) is 22.8. The lowest BCUT2D eigenvalue weighted by Crippen LogP contribution is -2.37. The number of rotatable bonds is 2. The van der Waals surface area contributed by atoms with Gasteiger partial charge in [-0.2, -0.15) is 0 Å². The average molecular weight is 777 g/mol. The summed E-state index contributed by atoms with van der Waals surface area (Å²) in [4.78, 5) is 27.7. The Kier molecular flexibility index (Phi) is 8.88. The van der Waals surface area contributed by atoms with E-state index in [0.29, 0.717) is 11.0 Å². The molecule has 0 saturated carbocycles. The molecule has 24 heteroatoms. The molecule has 3 saturated heterocycles. The number of aliphatic hydroxyl groups excluding tert-OH is 2. The van der Waals surface area contributed by atoms with E-state index in [1.807, 2.05) is 0 Å². The molecule has 46 heavy (non-hydrogen) atoms. The minimum atomic E-state index is -4.33. The third-order valence-electron chi connectivity index (χ3n) is 7.54. The first-order valence-electron chi connectivity index (χ1n) is 13.2. The number of ether oxygens (including phenoxy) is 2. The number of anilines is 1. The van der Waals surface area contributed by atoms with E-state index in [4.69, 9.17) is 79.9 Å². The maximum atomic E-state index is 13.6. The molecular weight excluding hydrogens is 755 g/mol. The maximum Gasteiger partial charge on any atom is 0.386 e. The van der Waals surface area contributed by atoms with Crippen LogP contribution in [0.2, 0.25) is 15.3 Å². The van der Waals surface area contributed by atoms with Gasteiger partial charge in [-0.05, 0) is 35.5 Å². The number of aliphatic hydroxyl groups is 2. The van der Waals surface area contributed by atoms with Gasteiger partial charge < -0.3 is 34.8 Å². The Hall–Kier alpha value is -1.22. The van der Waals surface area contributed by atoms with Crippen molar-refractivity contribution in [2.24, 2.45) is 0 Å². The second-order valence-electron chi connectivity index (χ2n) is 10.4. The highest BCUT2D eigenvalue weighted by Gasteiger charge is 2.53. The van der Waals surface area contributed by atoms with Crippen molar-refractivity contribution in [2.75, 3.05) is 18.9 Å². The Balaban J connectivity index is 1.23. The van der Waals surface area contributed by atoms with Crippen molar-refractivity contribution >= 4 is 100 Å². The minimum absolute atomic E-state index is 0.0862. The first-order chi connectivity index (χ1) is 21.7. The lowest BCUT2D eigenvalue weighted by Gasteiger charge is -2.28. The van der Waals surface area contributed by atoms with Crippen molar-refractivity contribution in [3.63, 3.8) is 0 Å². The van der Waals surface area contributed by atoms with Crippen LogP contribution >= 0.6 is 60.6 Å². The standard InChI is InChI=1S/C22H22Cl3N7O10P2S2/c23-7-1-9-10(2-8(7)24)32(22(25)30-9)21-17-15(34)12(40-21)4-38-43(35,45)41-16-14(33)11(3-37-44(36,46)42-17)39-20(16)31-6-29-13-18(26)27-5-28-19(13)31/h1-2,5-6,11-12,14-17,20-21,33-34H,3-4H2,(H,35,45)(H,36,46)(H2,26,27,28). The van der Waals surface area contributed by atoms with Gasteiger partial charge in [0.15, 0.2) is 23.9 Å². The molecule has 17 nitrogen and oxygen atoms in total. The molecule has 3 aliphatic heterocycles. The predicted molar refractivity (Wildman–Crippen MR) is 169 cm³/mol. The van der Waals surface area contributed by atoms with E-state index in [9.17, 15) is 19.7 Å². The van der Waals surface area contributed by atoms with Gasteiger partial charge in [0.05, 0.1) is 40.6 Å². The molecule has 7 rings (SSSR count). The first-order valence-corrected chi connectivity index (χ1v) is 19.6. The first kappa shape index (κ1) is 33.3. The third kappa shape index (κ3) is 5.98. The molecule has 0 aliphatic carbocycles. The summed E-state index contributed by atoms with van der Waals surface area (Å²) in [6, 6.07) is 2.96. The molecule has 1 aromatic carbocycles. The second kappa shape index (κ2) is 12.3. The summed E-state index contributed by atoms with van der Waals surface area (Å²) in [5.41, 5.74) is 7.05. The second-order valence-corrected chi connectivity index (χ2v) is 17.2. The number of imidazole rings is 2. The number of hydrogen-bond acceptors (Lipinski definition) is 15. The molecule has 4 aromatic rings. The monoisotopic (exact) mass is 775 g/mol. The van der Waals surface area contributed by atoms with Gasteiger partial charge in [-0.25, -0.2) is 24.5 Å². The fourth-order valence-corrected chi connectivity index (χ4v) is 8.90. The highest BCUT2D eigenvalue weighted by Crippen LogP contribution is 2.58. The largest absolute Gasteiger partial charge is 0.387 e. The van der Waals surface area contributed by atoms with Gasteiger partial charge in [0.1, 0.15) is 48.5 Å². The number of aromatic nitrogens is 6. The zero-order chi connectivity index (χ0) is 32.7. The molecule has 5 N–H and O–H groups in total. The van der Waals surface area contributed by atoms with Gasteiger partial charge in [0.2, 0.25) is 5.28 Å². The summed E-state index contributed by atoms with van der Waals surface area (Å²) in [6.07, 6.45) is -8.39. The number of hydrogen-bond donors (Lipinski definition) is 5. The van der Waals surface area contributed by atoms with Crippen molar-refractivity contribution < 1.29 is 47.2 Å². The zero-order valence-electron chi connectivity index (χ0n) is 22.7. The Bertz CT molecular complexity index is 1940. The molecule has 6 heterocycles. The fourth-order valence-electron chi connectivity index (χ4n) is 5.43. The molecule has 0 radical (unpaired) electrons. The normalized spacial score (nSPS) is 37.2. The Morgan fingerprint density at radius 2 is 1.63 bits per heavy atom. The highest BCUT2D eigenvalue weighted by atomic mass is 35.5. The van der Waals surface area contributed by atoms with Crippen molar-refractivity contribution in [3.05, 3.63) is 40.1 Å². The minimum Gasteiger partial charge on any atom is -0.387 e. The SMILES string of the molecule is Nc1ncnc2c1ncn2C1OC2COP(O)(=S)OC3C(O)C(COP(=O)(S)OC1C2O)OC3n1c(Cl)nc2cc(Cl)c(Cl)cc21. The van der Waals surface area contributed by atoms with Crippen molar-refractivity contribution in [2.45, 2.75) is 49.1 Å². The van der Waals surface area contributed by atoms with Crippen LogP contribution in [0.25, 0.3) is 22.2 Å². The lowest BCUT2D eigenvalue weighted by atomic mass is 10.1. The van der Waals surface area contributed by atoms with Crippen LogP contribution in [0.15, 0.2) is 24.8 Å². The summed E-state index contributed by atoms with van der Waals surface area (Å²) < 4.78 is 51.0. The highest BCUT2D eigenvalue weighted by molar-refractivity contribution is 8.44. The number of halogens is 3. The van der Waals surface area contributed by atoms with E-state index < -0.39 is 75.8 Å². The van der Waals surface area contributed by atoms with Crippen molar-refractivity contribution in [1.29, 1.82) is 0 Å². The van der Waals surface area contributed by atoms with E-state index >= 15 is 0 Å². The zero-order valence-corrected chi connectivity index (χ0v) is 28.5. The van der Waals surface area contributed by atoms with Crippen LogP contribution in [0.1, 0.15) is 12.5 Å². The Morgan fingerprint density at radius 1 is 0.978 bits per heavy atom. The summed E-state index contributed by atoms with van der Waals surface area (Å²) in [5.74, 6) is 0.0862. The summed E-state index contributed by atoms with van der Waals surface area (Å²) in [7, 11) is 0. The Labute approximate surface area is 283 Å². The fraction of sp³-hybridized carbons (Fsp3) is 0.455. The van der Waals surface area contributed by atoms with Gasteiger partial charge in [0, 0.05) is 0 Å². The molecular formula is C22H22Cl3N7O10P2S2. The number of nitrogens with zero attached hydrogens (tertiary/aromatic N) is 6. The number of benzene rings is 1. The average Bonchev–Trinajstić information content (AvgIpc) is 3.71. The molecule has 248 valence electrons. The van der Waals surface area contributed by atoms with Crippen LogP contribution in [0.3, 0.4) is 0 Å². The quantitative estimate of drug-likeness (QED) is 0.146. The smallest absolute Gasteiger partial charge is 0.386 e. The van der Waals surface area contributed by atoms with Crippen LogP contribution in [0.5, 0.6) is 0 Å². The number of nitrogen functional groups attached to an aromatic ring is 1. The van der Waals surface area contributed by atoms with Crippen LogP contribution in [-0.2, 0) is 43.9 Å². The van der Waals surface area contributed by atoms with Crippen LogP contribution in [-0.4, -0.2) is 94.0 Å². The summed E-state index contributed by atoms with van der Waals surface area (Å²) in [6.45, 7) is -9.65. The lowest BCUT2D eigenvalue weighted by molar-refractivity contribution is -0.0599. The van der Waals surface area contributed by atoms with E-state index in [-0.39, 0.29) is 32.3 Å². The van der Waals surface area contributed by atoms with Crippen LogP contribution in [0.4, 0.5) is 5.82 Å². The van der Waals surface area contributed by atoms with Gasteiger partial charge >= 0.3 is 13.5 Å². The van der Waals surface area contributed by atoms with E-state index in [1.165, 1.54) is 33.9 Å². The predicted octanol–water partition coefficient (Wildman–Crippen LogP) is 3.01. The molecule has 3 aromatic heterocycles. The van der Waals surface area contributed by atoms with Gasteiger partial charge in [0.25, 0.3) is 0 Å².